The quantitative estimate of drug-likeness (QED) is 0.728. The molecule has 0 bridgehead atoms. The molecule has 0 spiro atoms. The lowest BCUT2D eigenvalue weighted by molar-refractivity contribution is -0.155. The van der Waals surface area contributed by atoms with Crippen molar-refractivity contribution in [3.05, 3.63) is 30.1 Å². The van der Waals surface area contributed by atoms with Crippen LogP contribution in [0.3, 0.4) is 0 Å². The van der Waals surface area contributed by atoms with E-state index in [4.69, 9.17) is 9.47 Å². The average Bonchev–Trinajstić information content (AvgIpc) is 2.76. The van der Waals surface area contributed by atoms with Gasteiger partial charge in [0.25, 0.3) is 0 Å². The lowest BCUT2D eigenvalue weighted by Gasteiger charge is -2.42. The number of hydrogen-bond acceptors (Lipinski definition) is 4. The van der Waals surface area contributed by atoms with Crippen molar-refractivity contribution in [3.63, 3.8) is 0 Å². The van der Waals surface area contributed by atoms with Gasteiger partial charge >= 0.3 is 0 Å². The second-order valence-electron chi connectivity index (χ2n) is 8.78. The molecular weight excluding hydrogens is 371 g/mol. The molecule has 1 aromatic carbocycles. The zero-order valence-corrected chi connectivity index (χ0v) is 17.2. The topological polar surface area (TPSA) is 42.0 Å². The summed E-state index contributed by atoms with van der Waals surface area (Å²) in [5.74, 6) is 1.31. The highest BCUT2D eigenvalue weighted by molar-refractivity contribution is 5.78. The number of morpholine rings is 1. The van der Waals surface area contributed by atoms with Gasteiger partial charge in [-0.1, -0.05) is 19.3 Å². The van der Waals surface area contributed by atoms with Gasteiger partial charge < -0.3 is 19.3 Å². The minimum absolute atomic E-state index is 0.0914. The van der Waals surface area contributed by atoms with E-state index in [1.807, 2.05) is 4.90 Å². The van der Waals surface area contributed by atoms with E-state index >= 15 is 0 Å². The number of amides is 1. The van der Waals surface area contributed by atoms with Crippen LogP contribution in [0.1, 0.15) is 44.9 Å². The van der Waals surface area contributed by atoms with E-state index < -0.39 is 0 Å². The molecule has 1 amide bonds. The van der Waals surface area contributed by atoms with Crippen molar-refractivity contribution in [2.75, 3.05) is 39.4 Å². The van der Waals surface area contributed by atoms with Crippen molar-refractivity contribution in [2.24, 2.45) is 5.92 Å². The molecular formula is C23H33FN2O3. The Morgan fingerprint density at radius 1 is 1.03 bits per heavy atom. The molecule has 1 aliphatic carbocycles. The molecule has 2 saturated heterocycles. The third-order valence-corrected chi connectivity index (χ3v) is 6.65. The lowest BCUT2D eigenvalue weighted by atomic mass is 9.88. The van der Waals surface area contributed by atoms with Crippen LogP contribution in [0.15, 0.2) is 24.3 Å². The number of rotatable bonds is 6. The van der Waals surface area contributed by atoms with Crippen molar-refractivity contribution in [2.45, 2.75) is 57.1 Å². The van der Waals surface area contributed by atoms with Crippen LogP contribution in [0.25, 0.3) is 0 Å². The highest BCUT2D eigenvalue weighted by Gasteiger charge is 2.34. The van der Waals surface area contributed by atoms with Gasteiger partial charge in [0.2, 0.25) is 5.91 Å². The van der Waals surface area contributed by atoms with Crippen LogP contribution in [0.5, 0.6) is 5.75 Å². The number of benzene rings is 1. The fourth-order valence-electron chi connectivity index (χ4n) is 4.97. The van der Waals surface area contributed by atoms with Crippen LogP contribution in [-0.2, 0) is 9.53 Å². The molecule has 1 saturated carbocycles. The van der Waals surface area contributed by atoms with Gasteiger partial charge in [-0.2, -0.15) is 0 Å². The van der Waals surface area contributed by atoms with Crippen molar-refractivity contribution < 1.29 is 18.7 Å². The van der Waals surface area contributed by atoms with Gasteiger partial charge in [-0.05, 0) is 55.9 Å². The zero-order valence-electron chi connectivity index (χ0n) is 17.2. The first-order valence-electron chi connectivity index (χ1n) is 11.2. The van der Waals surface area contributed by atoms with Gasteiger partial charge in [-0.15, -0.1) is 0 Å². The van der Waals surface area contributed by atoms with Crippen molar-refractivity contribution in [1.29, 1.82) is 0 Å². The molecule has 160 valence electrons. The van der Waals surface area contributed by atoms with E-state index in [2.05, 4.69) is 4.90 Å². The first-order chi connectivity index (χ1) is 14.2. The summed E-state index contributed by atoms with van der Waals surface area (Å²) in [6, 6.07) is 6.30. The Bertz CT molecular complexity index is 655. The summed E-state index contributed by atoms with van der Waals surface area (Å²) >= 11 is 0. The van der Waals surface area contributed by atoms with Crippen molar-refractivity contribution in [1.82, 2.24) is 9.80 Å². The SMILES string of the molecule is O=C1COC(COc2ccc(F)cc2)CN1C1CCN(CC2CCCCC2)CC1. The van der Waals surface area contributed by atoms with Crippen LogP contribution in [0.2, 0.25) is 0 Å². The molecule has 3 fully saturated rings. The summed E-state index contributed by atoms with van der Waals surface area (Å²) in [5, 5.41) is 0. The molecule has 0 radical (unpaired) electrons. The van der Waals surface area contributed by atoms with Gasteiger partial charge in [-0.3, -0.25) is 4.79 Å². The number of carbonyl (C=O) groups excluding carboxylic acids is 1. The van der Waals surface area contributed by atoms with Gasteiger partial charge in [0, 0.05) is 25.7 Å². The summed E-state index contributed by atoms with van der Waals surface area (Å²) in [4.78, 5) is 17.1. The second-order valence-corrected chi connectivity index (χ2v) is 8.78. The summed E-state index contributed by atoms with van der Waals surface area (Å²) in [5.41, 5.74) is 0. The van der Waals surface area contributed by atoms with Gasteiger partial charge in [0.1, 0.15) is 30.9 Å². The Labute approximate surface area is 173 Å². The maximum atomic E-state index is 13.0. The number of carbonyl (C=O) groups is 1. The molecule has 1 atom stereocenters. The van der Waals surface area contributed by atoms with Crippen LogP contribution >= 0.6 is 0 Å². The van der Waals surface area contributed by atoms with E-state index in [9.17, 15) is 9.18 Å². The van der Waals surface area contributed by atoms with Crippen LogP contribution in [-0.4, -0.2) is 67.2 Å². The first kappa shape index (κ1) is 20.6. The molecule has 1 aromatic rings. The van der Waals surface area contributed by atoms with Crippen molar-refractivity contribution >= 4 is 5.91 Å². The molecule has 4 rings (SSSR count). The smallest absolute Gasteiger partial charge is 0.248 e. The highest BCUT2D eigenvalue weighted by Crippen LogP contribution is 2.27. The monoisotopic (exact) mass is 404 g/mol. The summed E-state index contributed by atoms with van der Waals surface area (Å²) < 4.78 is 24.4. The average molecular weight is 405 g/mol. The molecule has 29 heavy (non-hydrogen) atoms. The highest BCUT2D eigenvalue weighted by atomic mass is 19.1. The van der Waals surface area contributed by atoms with Crippen LogP contribution in [0, 0.1) is 11.7 Å². The predicted octanol–water partition coefficient (Wildman–Crippen LogP) is 3.48. The molecule has 1 unspecified atom stereocenters. The molecule has 6 heteroatoms. The Hall–Kier alpha value is -1.66. The second kappa shape index (κ2) is 9.90. The number of hydrogen-bond donors (Lipinski definition) is 0. The third kappa shape index (κ3) is 5.70. The lowest BCUT2D eigenvalue weighted by Crippen LogP contribution is -2.55. The van der Waals surface area contributed by atoms with E-state index in [1.54, 1.807) is 12.1 Å². The van der Waals surface area contributed by atoms with E-state index in [0.717, 1.165) is 31.8 Å². The summed E-state index contributed by atoms with van der Waals surface area (Å²) in [6.07, 6.45) is 8.92. The van der Waals surface area contributed by atoms with Crippen molar-refractivity contribution in [3.8, 4) is 5.75 Å². The molecule has 0 N–H and O–H groups in total. The maximum absolute atomic E-state index is 13.0. The van der Waals surface area contributed by atoms with E-state index in [-0.39, 0.29) is 24.4 Å². The minimum atomic E-state index is -0.280. The number of halogens is 1. The van der Waals surface area contributed by atoms with Gasteiger partial charge in [0.05, 0.1) is 6.54 Å². The molecule has 2 aliphatic heterocycles. The standard InChI is InChI=1S/C23H33FN2O3/c24-19-6-8-21(9-7-19)28-16-22-15-26(23(27)17-29-22)20-10-12-25(13-11-20)14-18-4-2-1-3-5-18/h6-9,18,20,22H,1-5,10-17H2. The first-order valence-corrected chi connectivity index (χ1v) is 11.2. The van der Waals surface area contributed by atoms with Crippen LogP contribution < -0.4 is 4.74 Å². The normalized spacial score (nSPS) is 25.3. The number of ether oxygens (including phenoxy) is 2. The Morgan fingerprint density at radius 2 is 1.76 bits per heavy atom. The van der Waals surface area contributed by atoms with Gasteiger partial charge in [0.15, 0.2) is 0 Å². The Balaban J connectivity index is 1.23. The summed E-state index contributed by atoms with van der Waals surface area (Å²) in [7, 11) is 0. The fourth-order valence-corrected chi connectivity index (χ4v) is 4.97. The van der Waals surface area contributed by atoms with Gasteiger partial charge in [-0.25, -0.2) is 4.39 Å². The number of nitrogens with zero attached hydrogens (tertiary/aromatic N) is 2. The van der Waals surface area contributed by atoms with E-state index in [1.165, 1.54) is 50.8 Å². The Morgan fingerprint density at radius 3 is 2.48 bits per heavy atom. The Kier molecular flexibility index (Phi) is 7.03. The molecule has 2 heterocycles. The molecule has 0 aromatic heterocycles. The minimum Gasteiger partial charge on any atom is -0.491 e. The number of likely N-dealkylation sites (tertiary alicyclic amines) is 1. The predicted molar refractivity (Wildman–Crippen MR) is 109 cm³/mol. The van der Waals surface area contributed by atoms with E-state index in [0.29, 0.717) is 24.9 Å². The molecule has 5 nitrogen and oxygen atoms in total. The zero-order chi connectivity index (χ0) is 20.1. The maximum Gasteiger partial charge on any atom is 0.248 e. The summed E-state index contributed by atoms with van der Waals surface area (Å²) in [6.45, 7) is 4.48. The molecule has 3 aliphatic rings. The van der Waals surface area contributed by atoms with Crippen LogP contribution in [0.4, 0.5) is 4.39 Å². The number of piperidine rings is 1. The largest absolute Gasteiger partial charge is 0.491 e. The third-order valence-electron chi connectivity index (χ3n) is 6.65. The fraction of sp³-hybridized carbons (Fsp3) is 0.696.